The Bertz CT molecular complexity index is 909. The zero-order chi connectivity index (χ0) is 19.8. The van der Waals surface area contributed by atoms with Crippen LogP contribution < -0.4 is 5.32 Å². The summed E-state index contributed by atoms with van der Waals surface area (Å²) in [5.41, 5.74) is 2.73. The number of aromatic nitrogens is 1. The van der Waals surface area contributed by atoms with Crippen LogP contribution in [0.4, 0.5) is 0 Å². The largest absolute Gasteiger partial charge is 0.357 e. The molecule has 0 radical (unpaired) electrons. The van der Waals surface area contributed by atoms with Crippen molar-refractivity contribution in [2.45, 2.75) is 50.2 Å². The summed E-state index contributed by atoms with van der Waals surface area (Å²) in [5, 5.41) is 3.15. The van der Waals surface area contributed by atoms with Gasteiger partial charge in [0.25, 0.3) is 5.91 Å². The third-order valence-electron chi connectivity index (χ3n) is 6.89. The van der Waals surface area contributed by atoms with E-state index < -0.39 is 5.54 Å². The summed E-state index contributed by atoms with van der Waals surface area (Å²) in [4.78, 5) is 33.7. The van der Waals surface area contributed by atoms with Crippen molar-refractivity contribution in [1.29, 1.82) is 0 Å². The number of aromatic amines is 1. The lowest BCUT2D eigenvalue weighted by atomic mass is 9.83. The van der Waals surface area contributed by atoms with E-state index in [1.54, 1.807) is 12.3 Å². The van der Waals surface area contributed by atoms with Crippen molar-refractivity contribution >= 4 is 11.8 Å². The number of fused-ring (bicyclic) bond motifs is 2. The fourth-order valence-corrected chi connectivity index (χ4v) is 5.45. The van der Waals surface area contributed by atoms with Crippen molar-refractivity contribution in [1.82, 2.24) is 20.1 Å². The molecule has 6 heteroatoms. The first-order valence-electron chi connectivity index (χ1n) is 10.7. The van der Waals surface area contributed by atoms with Gasteiger partial charge in [-0.3, -0.25) is 14.5 Å². The number of nitrogens with zero attached hydrogens (tertiary/aromatic N) is 2. The Morgan fingerprint density at radius 3 is 2.76 bits per heavy atom. The van der Waals surface area contributed by atoms with E-state index in [1.165, 1.54) is 11.1 Å². The van der Waals surface area contributed by atoms with Crippen LogP contribution in [0.2, 0.25) is 0 Å². The highest BCUT2D eigenvalue weighted by molar-refractivity contribution is 5.93. The van der Waals surface area contributed by atoms with Gasteiger partial charge in [-0.25, -0.2) is 0 Å². The number of benzene rings is 1. The smallest absolute Gasteiger partial charge is 0.267 e. The number of hydrogen-bond acceptors (Lipinski definition) is 3. The lowest BCUT2D eigenvalue weighted by Gasteiger charge is -2.44. The fraction of sp³-hybridized carbons (Fsp3) is 0.478. The van der Waals surface area contributed by atoms with Crippen molar-refractivity contribution in [2.24, 2.45) is 0 Å². The average Bonchev–Trinajstić information content (AvgIpc) is 3.41. The summed E-state index contributed by atoms with van der Waals surface area (Å²) in [7, 11) is 0. The van der Waals surface area contributed by atoms with E-state index in [2.05, 4.69) is 44.4 Å². The molecule has 6 nitrogen and oxygen atoms in total. The van der Waals surface area contributed by atoms with Gasteiger partial charge in [-0.05, 0) is 61.9 Å². The Hall–Kier alpha value is -2.60. The van der Waals surface area contributed by atoms with Gasteiger partial charge in [0, 0.05) is 31.9 Å². The predicted molar refractivity (Wildman–Crippen MR) is 110 cm³/mol. The van der Waals surface area contributed by atoms with Gasteiger partial charge in [-0.1, -0.05) is 24.3 Å². The highest BCUT2D eigenvalue weighted by Gasteiger charge is 2.53. The maximum absolute atomic E-state index is 13.8. The second kappa shape index (κ2) is 7.34. The molecule has 2 N–H and O–H groups in total. The average molecular weight is 393 g/mol. The van der Waals surface area contributed by atoms with Crippen LogP contribution in [-0.2, 0) is 17.8 Å². The van der Waals surface area contributed by atoms with Crippen LogP contribution in [0.15, 0.2) is 42.6 Å². The minimum absolute atomic E-state index is 0.00456. The van der Waals surface area contributed by atoms with E-state index in [0.29, 0.717) is 18.7 Å². The third kappa shape index (κ3) is 3.25. The summed E-state index contributed by atoms with van der Waals surface area (Å²) in [6.07, 6.45) is 6.46. The zero-order valence-electron chi connectivity index (χ0n) is 16.7. The first kappa shape index (κ1) is 18.4. The quantitative estimate of drug-likeness (QED) is 0.842. The van der Waals surface area contributed by atoms with E-state index in [1.807, 2.05) is 6.07 Å². The summed E-state index contributed by atoms with van der Waals surface area (Å²) in [6.45, 7) is 3.17. The summed E-state index contributed by atoms with van der Waals surface area (Å²) in [5.74, 6) is 0.165. The molecule has 2 amide bonds. The van der Waals surface area contributed by atoms with Crippen LogP contribution in [0.5, 0.6) is 0 Å². The van der Waals surface area contributed by atoms with Gasteiger partial charge in [-0.2, -0.15) is 0 Å². The normalized spacial score (nSPS) is 26.6. The van der Waals surface area contributed by atoms with Crippen LogP contribution in [-0.4, -0.2) is 57.8 Å². The molecule has 0 aliphatic carbocycles. The van der Waals surface area contributed by atoms with Crippen molar-refractivity contribution in [3.05, 3.63) is 59.4 Å². The van der Waals surface area contributed by atoms with Gasteiger partial charge in [0.15, 0.2) is 0 Å². The van der Waals surface area contributed by atoms with Gasteiger partial charge in [0.1, 0.15) is 11.2 Å². The Kier molecular flexibility index (Phi) is 4.66. The van der Waals surface area contributed by atoms with Crippen LogP contribution in [0, 0.1) is 0 Å². The monoisotopic (exact) mass is 392 g/mol. The van der Waals surface area contributed by atoms with E-state index in [-0.39, 0.29) is 17.9 Å². The summed E-state index contributed by atoms with van der Waals surface area (Å²) in [6, 6.07) is 12.1. The zero-order valence-corrected chi connectivity index (χ0v) is 16.7. The van der Waals surface area contributed by atoms with Crippen molar-refractivity contribution in [3.63, 3.8) is 0 Å². The van der Waals surface area contributed by atoms with Gasteiger partial charge in [0.2, 0.25) is 5.91 Å². The number of carbonyl (C=O) groups is 2. The Morgan fingerprint density at radius 2 is 1.93 bits per heavy atom. The molecule has 152 valence electrons. The molecule has 2 atom stereocenters. The minimum Gasteiger partial charge on any atom is -0.357 e. The lowest BCUT2D eigenvalue weighted by Crippen LogP contribution is -2.59. The third-order valence-corrected chi connectivity index (χ3v) is 6.89. The molecule has 0 spiro atoms. The highest BCUT2D eigenvalue weighted by atomic mass is 16.2. The summed E-state index contributed by atoms with van der Waals surface area (Å²) >= 11 is 0. The molecular weight excluding hydrogens is 364 g/mol. The van der Waals surface area contributed by atoms with Gasteiger partial charge >= 0.3 is 0 Å². The van der Waals surface area contributed by atoms with E-state index >= 15 is 0 Å². The number of piperidine rings is 1. The predicted octanol–water partition coefficient (Wildman–Crippen LogP) is 2.33. The van der Waals surface area contributed by atoms with Gasteiger partial charge < -0.3 is 15.2 Å². The molecule has 4 heterocycles. The Morgan fingerprint density at radius 1 is 1.07 bits per heavy atom. The fourth-order valence-electron chi connectivity index (χ4n) is 5.45. The molecule has 0 saturated carbocycles. The van der Waals surface area contributed by atoms with Crippen LogP contribution >= 0.6 is 0 Å². The maximum Gasteiger partial charge on any atom is 0.267 e. The molecule has 1 aromatic heterocycles. The molecule has 2 fully saturated rings. The molecule has 3 aliphatic heterocycles. The number of nitrogens with one attached hydrogen (secondary N) is 2. The second-order valence-electron chi connectivity index (χ2n) is 8.64. The van der Waals surface area contributed by atoms with Crippen LogP contribution in [0.1, 0.15) is 47.3 Å². The molecule has 2 aromatic rings. The first-order chi connectivity index (χ1) is 14.2. The standard InChI is InChI=1S/C23H28N4O2/c28-21(20-8-5-11-24-20)25-19-14-23(10-3-4-12-27(23)16-19)22(29)26-13-9-17-6-1-2-7-18(17)15-26/h1-2,5-8,11,19,24H,3-4,9-10,12-16H2,(H,25,28)/t19-,23-/m0/s1. The molecule has 1 aromatic carbocycles. The van der Waals surface area contributed by atoms with Gasteiger partial charge in [0.05, 0.1) is 0 Å². The summed E-state index contributed by atoms with van der Waals surface area (Å²) < 4.78 is 0. The topological polar surface area (TPSA) is 68.4 Å². The second-order valence-corrected chi connectivity index (χ2v) is 8.64. The lowest BCUT2D eigenvalue weighted by molar-refractivity contribution is -0.146. The number of H-pyrrole nitrogens is 1. The first-order valence-corrected chi connectivity index (χ1v) is 10.7. The van der Waals surface area contributed by atoms with Crippen molar-refractivity contribution < 1.29 is 9.59 Å². The van der Waals surface area contributed by atoms with Gasteiger partial charge in [-0.15, -0.1) is 0 Å². The van der Waals surface area contributed by atoms with Crippen LogP contribution in [0.3, 0.4) is 0 Å². The number of hydrogen-bond donors (Lipinski definition) is 2. The molecule has 3 aliphatic rings. The van der Waals surface area contributed by atoms with Crippen molar-refractivity contribution in [3.8, 4) is 0 Å². The van der Waals surface area contributed by atoms with E-state index in [0.717, 1.165) is 45.3 Å². The van der Waals surface area contributed by atoms with E-state index in [9.17, 15) is 9.59 Å². The Labute approximate surface area is 171 Å². The molecule has 5 rings (SSSR count). The van der Waals surface area contributed by atoms with E-state index in [4.69, 9.17) is 0 Å². The SMILES string of the molecule is O=C(N[C@@H]1CN2CCCC[C@@]2(C(=O)N2CCc3ccccc3C2)C1)c1ccc[nH]1. The number of rotatable bonds is 3. The number of carbonyl (C=O) groups excluding carboxylic acids is 2. The number of amides is 2. The minimum atomic E-state index is -0.460. The highest BCUT2D eigenvalue weighted by Crippen LogP contribution is 2.40. The maximum atomic E-state index is 13.8. The molecular formula is C23H28N4O2. The van der Waals surface area contributed by atoms with Crippen molar-refractivity contribution in [2.75, 3.05) is 19.6 Å². The molecule has 0 unspecified atom stereocenters. The molecule has 0 bridgehead atoms. The molecule has 2 saturated heterocycles. The Balaban J connectivity index is 1.34. The molecule has 29 heavy (non-hydrogen) atoms. The van der Waals surface area contributed by atoms with Crippen LogP contribution in [0.25, 0.3) is 0 Å².